The second-order valence-corrected chi connectivity index (χ2v) is 11.7. The van der Waals surface area contributed by atoms with E-state index in [1.807, 2.05) is 6.92 Å². The highest BCUT2D eigenvalue weighted by molar-refractivity contribution is 6.23. The highest BCUT2D eigenvalue weighted by Gasteiger charge is 2.22. The van der Waals surface area contributed by atoms with E-state index in [1.165, 1.54) is 23.1 Å². The molecule has 0 fully saturated rings. The highest BCUT2D eigenvalue weighted by atomic mass is 35.5. The Labute approximate surface area is 178 Å². The van der Waals surface area contributed by atoms with Crippen molar-refractivity contribution in [2.45, 2.75) is 103 Å². The highest BCUT2D eigenvalue weighted by Crippen LogP contribution is 2.30. The van der Waals surface area contributed by atoms with Gasteiger partial charge in [0.1, 0.15) is 0 Å². The summed E-state index contributed by atoms with van der Waals surface area (Å²) in [6, 6.07) is 6.55. The Hall–Kier alpha value is 0.0900. The molecule has 2 atom stereocenters. The standard InChI is InChI=1S/C15H22Cl2.C8H17Cl/c1-4-6-13-7-5-8-14(9-11(2)16)15(13)10-12(3)17;1-7(2,3)6-8(4,5)9/h5,7-8,11-12H,4,6,9-10H2,1-3H3;6H2,1-5H3. The maximum atomic E-state index is 6.16. The molecule has 2 unspecified atom stereocenters. The zero-order valence-corrected chi connectivity index (χ0v) is 20.3. The zero-order chi connectivity index (χ0) is 20.5. The number of benzene rings is 1. The lowest BCUT2D eigenvalue weighted by Gasteiger charge is -2.26. The molecule has 152 valence electrons. The molecule has 0 radical (unpaired) electrons. The lowest BCUT2D eigenvalue weighted by atomic mass is 9.86. The minimum atomic E-state index is -0.0434. The quantitative estimate of drug-likeness (QED) is 0.387. The lowest BCUT2D eigenvalue weighted by Crippen LogP contribution is -2.20. The third-order valence-electron chi connectivity index (χ3n) is 3.83. The van der Waals surface area contributed by atoms with Crippen LogP contribution in [0.25, 0.3) is 0 Å². The van der Waals surface area contributed by atoms with Crippen LogP contribution in [0.1, 0.15) is 84.9 Å². The van der Waals surface area contributed by atoms with E-state index < -0.39 is 0 Å². The molecule has 1 aromatic carbocycles. The summed E-state index contributed by atoms with van der Waals surface area (Å²) < 4.78 is 0. The third kappa shape index (κ3) is 13.3. The molecule has 0 nitrogen and oxygen atoms in total. The van der Waals surface area contributed by atoms with E-state index in [-0.39, 0.29) is 15.6 Å². The number of aryl methyl sites for hydroxylation is 1. The lowest BCUT2D eigenvalue weighted by molar-refractivity contribution is 0.336. The average Bonchev–Trinajstić information content (AvgIpc) is 2.38. The van der Waals surface area contributed by atoms with E-state index in [1.54, 1.807) is 0 Å². The Morgan fingerprint density at radius 3 is 1.73 bits per heavy atom. The molecule has 0 aliphatic heterocycles. The number of halogens is 3. The minimum absolute atomic E-state index is 0.0434. The van der Waals surface area contributed by atoms with Crippen molar-refractivity contribution < 1.29 is 0 Å². The average molecular weight is 422 g/mol. The molecule has 1 aromatic rings. The summed E-state index contributed by atoms with van der Waals surface area (Å²) in [5.41, 5.74) is 4.58. The Kier molecular flexibility index (Phi) is 11.9. The first kappa shape index (κ1) is 26.1. The van der Waals surface area contributed by atoms with Gasteiger partial charge in [0.15, 0.2) is 0 Å². The molecular weight excluding hydrogens is 383 g/mol. The summed E-state index contributed by atoms with van der Waals surface area (Å²) in [7, 11) is 0. The van der Waals surface area contributed by atoms with Crippen molar-refractivity contribution in [1.29, 1.82) is 0 Å². The van der Waals surface area contributed by atoms with Crippen molar-refractivity contribution in [3.05, 3.63) is 34.9 Å². The molecule has 0 saturated carbocycles. The van der Waals surface area contributed by atoms with Gasteiger partial charge in [-0.1, -0.05) is 52.3 Å². The van der Waals surface area contributed by atoms with Crippen LogP contribution in [0.5, 0.6) is 0 Å². The van der Waals surface area contributed by atoms with Crippen LogP contribution in [-0.4, -0.2) is 15.6 Å². The van der Waals surface area contributed by atoms with Crippen molar-refractivity contribution in [2.24, 2.45) is 5.41 Å². The molecule has 0 amide bonds. The van der Waals surface area contributed by atoms with Crippen molar-refractivity contribution >= 4 is 34.8 Å². The maximum Gasteiger partial charge on any atom is 0.0395 e. The predicted molar refractivity (Wildman–Crippen MR) is 122 cm³/mol. The first-order valence-corrected chi connectivity index (χ1v) is 11.1. The summed E-state index contributed by atoms with van der Waals surface area (Å²) in [5.74, 6) is 0. The first-order valence-electron chi connectivity index (χ1n) is 9.82. The zero-order valence-electron chi connectivity index (χ0n) is 18.1. The Morgan fingerprint density at radius 2 is 1.38 bits per heavy atom. The molecule has 0 aliphatic carbocycles. The second kappa shape index (κ2) is 11.8. The summed E-state index contributed by atoms with van der Waals surface area (Å²) in [6.45, 7) is 17.0. The van der Waals surface area contributed by atoms with Gasteiger partial charge in [0.25, 0.3) is 0 Å². The summed E-state index contributed by atoms with van der Waals surface area (Å²) in [6.07, 6.45) is 5.23. The molecule has 26 heavy (non-hydrogen) atoms. The normalized spacial score (nSPS) is 14.4. The van der Waals surface area contributed by atoms with Crippen LogP contribution in [0.4, 0.5) is 0 Å². The largest absolute Gasteiger partial charge is 0.123 e. The number of rotatable bonds is 7. The molecule has 0 bridgehead atoms. The van der Waals surface area contributed by atoms with E-state index in [2.05, 4.69) is 66.7 Å². The monoisotopic (exact) mass is 420 g/mol. The fraction of sp³-hybridized carbons (Fsp3) is 0.739. The Bertz CT molecular complexity index is 493. The molecule has 0 aromatic heterocycles. The van der Waals surface area contributed by atoms with Crippen LogP contribution in [-0.2, 0) is 19.3 Å². The molecule has 0 saturated heterocycles. The summed E-state index contributed by atoms with van der Waals surface area (Å²) in [4.78, 5) is -0.0434. The smallest absolute Gasteiger partial charge is 0.0395 e. The van der Waals surface area contributed by atoms with E-state index in [0.717, 1.165) is 25.7 Å². The van der Waals surface area contributed by atoms with E-state index >= 15 is 0 Å². The molecule has 0 aliphatic rings. The van der Waals surface area contributed by atoms with Gasteiger partial charge in [0.05, 0.1) is 0 Å². The van der Waals surface area contributed by atoms with Gasteiger partial charge in [-0.05, 0) is 75.5 Å². The van der Waals surface area contributed by atoms with Gasteiger partial charge in [-0.15, -0.1) is 34.8 Å². The molecule has 0 heterocycles. The fourth-order valence-electron chi connectivity index (χ4n) is 3.49. The van der Waals surface area contributed by atoms with Crippen molar-refractivity contribution in [1.82, 2.24) is 0 Å². The first-order chi connectivity index (χ1) is 11.7. The van der Waals surface area contributed by atoms with Crippen LogP contribution in [0.15, 0.2) is 18.2 Å². The van der Waals surface area contributed by atoms with Crippen LogP contribution < -0.4 is 0 Å². The van der Waals surface area contributed by atoms with Crippen LogP contribution in [0.2, 0.25) is 0 Å². The molecule has 0 spiro atoms. The van der Waals surface area contributed by atoms with Gasteiger partial charge in [0, 0.05) is 15.6 Å². The minimum Gasteiger partial charge on any atom is -0.123 e. The van der Waals surface area contributed by atoms with E-state index in [4.69, 9.17) is 34.8 Å². The molecule has 1 rings (SSSR count). The molecular formula is C23H39Cl3. The van der Waals surface area contributed by atoms with Crippen molar-refractivity contribution in [2.75, 3.05) is 0 Å². The number of hydrogen-bond donors (Lipinski definition) is 0. The Morgan fingerprint density at radius 1 is 0.885 bits per heavy atom. The van der Waals surface area contributed by atoms with Gasteiger partial charge < -0.3 is 0 Å². The number of alkyl halides is 3. The van der Waals surface area contributed by atoms with E-state index in [9.17, 15) is 0 Å². The van der Waals surface area contributed by atoms with Gasteiger partial charge in [-0.2, -0.15) is 0 Å². The van der Waals surface area contributed by atoms with Crippen LogP contribution in [0, 0.1) is 5.41 Å². The number of hydrogen-bond acceptors (Lipinski definition) is 0. The van der Waals surface area contributed by atoms with E-state index in [0.29, 0.717) is 5.41 Å². The summed E-state index contributed by atoms with van der Waals surface area (Å²) >= 11 is 18.3. The van der Waals surface area contributed by atoms with Crippen molar-refractivity contribution in [3.8, 4) is 0 Å². The predicted octanol–water partition coefficient (Wildman–Crippen LogP) is 8.42. The van der Waals surface area contributed by atoms with Gasteiger partial charge in [0.2, 0.25) is 0 Å². The Balaban J connectivity index is 0.000000590. The maximum absolute atomic E-state index is 6.16. The summed E-state index contributed by atoms with van der Waals surface area (Å²) in [5, 5.41) is 0.355. The van der Waals surface area contributed by atoms with Crippen LogP contribution in [0.3, 0.4) is 0 Å². The van der Waals surface area contributed by atoms with Gasteiger partial charge in [-0.25, -0.2) is 0 Å². The van der Waals surface area contributed by atoms with Gasteiger partial charge in [-0.3, -0.25) is 0 Å². The van der Waals surface area contributed by atoms with Crippen LogP contribution >= 0.6 is 34.8 Å². The third-order valence-corrected chi connectivity index (χ3v) is 4.27. The fourth-order valence-corrected chi connectivity index (χ4v) is 4.21. The second-order valence-electron chi connectivity index (χ2n) is 9.23. The topological polar surface area (TPSA) is 0 Å². The van der Waals surface area contributed by atoms with Crippen molar-refractivity contribution in [3.63, 3.8) is 0 Å². The SMILES string of the molecule is CC(C)(C)CC(C)(C)Cl.CCCc1cccc(CC(C)Cl)c1CC(C)Cl. The molecule has 0 N–H and O–H groups in total. The molecule has 3 heteroatoms. The van der Waals surface area contributed by atoms with Gasteiger partial charge >= 0.3 is 0 Å².